The third-order valence-electron chi connectivity index (χ3n) is 4.17. The quantitative estimate of drug-likeness (QED) is 0.302. The van der Waals surface area contributed by atoms with Crippen molar-refractivity contribution in [1.29, 1.82) is 0 Å². The molecule has 3 heteroatoms. The Labute approximate surface area is 145 Å². The first-order chi connectivity index (χ1) is 11.0. The summed E-state index contributed by atoms with van der Waals surface area (Å²) in [6, 6.07) is 0. The Hall–Kier alpha value is -0.570. The lowest BCUT2D eigenvalue weighted by Gasteiger charge is -2.21. The summed E-state index contributed by atoms with van der Waals surface area (Å²) < 4.78 is 5.11. The van der Waals surface area contributed by atoms with Gasteiger partial charge in [-0.05, 0) is 44.7 Å². The molecule has 0 unspecified atom stereocenters. The highest BCUT2D eigenvalue weighted by Crippen LogP contribution is 2.11. The minimum atomic E-state index is -0.0724. The summed E-state index contributed by atoms with van der Waals surface area (Å²) in [5.74, 6) is 1.52. The highest BCUT2D eigenvalue weighted by molar-refractivity contribution is 5.71. The second kappa shape index (κ2) is 15.0. The number of hydrogen-bond acceptors (Lipinski definition) is 3. The molecule has 23 heavy (non-hydrogen) atoms. The van der Waals surface area contributed by atoms with E-state index < -0.39 is 0 Å². The summed E-state index contributed by atoms with van der Waals surface area (Å²) in [5.41, 5.74) is 0. The smallest absolute Gasteiger partial charge is 0.320 e. The van der Waals surface area contributed by atoms with Crippen molar-refractivity contribution in [2.75, 3.05) is 26.2 Å². The van der Waals surface area contributed by atoms with Crippen molar-refractivity contribution in [3.8, 4) is 0 Å². The zero-order valence-electron chi connectivity index (χ0n) is 16.4. The number of carbonyl (C=O) groups is 1. The van der Waals surface area contributed by atoms with E-state index in [-0.39, 0.29) is 5.97 Å². The Morgan fingerprint density at radius 3 is 1.70 bits per heavy atom. The van der Waals surface area contributed by atoms with Gasteiger partial charge in [-0.1, -0.05) is 66.2 Å². The van der Waals surface area contributed by atoms with Gasteiger partial charge in [0.15, 0.2) is 0 Å². The SMILES string of the molecule is CCOC(=O)CN(CCCCCC(C)C)CCCCCC(C)C. The van der Waals surface area contributed by atoms with Crippen LogP contribution >= 0.6 is 0 Å². The Kier molecular flexibility index (Phi) is 14.6. The van der Waals surface area contributed by atoms with Crippen molar-refractivity contribution in [3.05, 3.63) is 0 Å². The number of unbranched alkanes of at least 4 members (excludes halogenated alkanes) is 4. The molecule has 0 atom stereocenters. The standard InChI is InChI=1S/C20H41NO2/c1-6-23-20(22)17-21(15-11-7-9-13-18(2)3)16-12-8-10-14-19(4)5/h18-19H,6-17H2,1-5H3. The molecule has 0 aromatic rings. The van der Waals surface area contributed by atoms with E-state index in [9.17, 15) is 4.79 Å². The molecular weight excluding hydrogens is 286 g/mol. The van der Waals surface area contributed by atoms with Gasteiger partial charge in [-0.3, -0.25) is 9.69 Å². The second-order valence-corrected chi connectivity index (χ2v) is 7.57. The topological polar surface area (TPSA) is 29.5 Å². The fourth-order valence-electron chi connectivity index (χ4n) is 2.79. The zero-order chi connectivity index (χ0) is 17.5. The Morgan fingerprint density at radius 1 is 0.826 bits per heavy atom. The van der Waals surface area contributed by atoms with E-state index in [4.69, 9.17) is 4.74 Å². The fraction of sp³-hybridized carbons (Fsp3) is 0.950. The van der Waals surface area contributed by atoms with E-state index in [0.717, 1.165) is 24.9 Å². The number of nitrogens with zero attached hydrogens (tertiary/aromatic N) is 1. The molecule has 0 aromatic heterocycles. The lowest BCUT2D eigenvalue weighted by atomic mass is 10.0. The summed E-state index contributed by atoms with van der Waals surface area (Å²) in [4.78, 5) is 14.0. The van der Waals surface area contributed by atoms with E-state index in [1.165, 1.54) is 51.4 Å². The normalized spacial score (nSPS) is 11.7. The van der Waals surface area contributed by atoms with Gasteiger partial charge in [0.25, 0.3) is 0 Å². The van der Waals surface area contributed by atoms with Gasteiger partial charge in [0.2, 0.25) is 0 Å². The van der Waals surface area contributed by atoms with Crippen LogP contribution in [0.4, 0.5) is 0 Å². The summed E-state index contributed by atoms with van der Waals surface area (Å²) in [5, 5.41) is 0. The highest BCUT2D eigenvalue weighted by Gasteiger charge is 2.11. The monoisotopic (exact) mass is 327 g/mol. The number of carbonyl (C=O) groups excluding carboxylic acids is 1. The average Bonchev–Trinajstić information content (AvgIpc) is 2.45. The van der Waals surface area contributed by atoms with Gasteiger partial charge in [0, 0.05) is 0 Å². The average molecular weight is 328 g/mol. The summed E-state index contributed by atoms with van der Waals surface area (Å²) in [7, 11) is 0. The molecule has 0 spiro atoms. The van der Waals surface area contributed by atoms with Crippen molar-refractivity contribution in [1.82, 2.24) is 4.90 Å². The molecule has 0 radical (unpaired) electrons. The number of hydrogen-bond donors (Lipinski definition) is 0. The van der Waals surface area contributed by atoms with Gasteiger partial charge >= 0.3 is 5.97 Å². The van der Waals surface area contributed by atoms with Crippen LogP contribution in [-0.4, -0.2) is 37.1 Å². The minimum absolute atomic E-state index is 0.0724. The molecule has 138 valence electrons. The number of rotatable bonds is 15. The van der Waals surface area contributed by atoms with Crippen LogP contribution < -0.4 is 0 Å². The van der Waals surface area contributed by atoms with Crippen LogP contribution in [0.3, 0.4) is 0 Å². The third kappa shape index (κ3) is 16.1. The molecule has 0 N–H and O–H groups in total. The molecular formula is C20H41NO2. The first kappa shape index (κ1) is 22.4. The highest BCUT2D eigenvalue weighted by atomic mass is 16.5. The van der Waals surface area contributed by atoms with Gasteiger partial charge in [0.1, 0.15) is 0 Å². The molecule has 0 saturated heterocycles. The summed E-state index contributed by atoms with van der Waals surface area (Å²) >= 11 is 0. The van der Waals surface area contributed by atoms with Gasteiger partial charge in [-0.15, -0.1) is 0 Å². The van der Waals surface area contributed by atoms with Crippen molar-refractivity contribution < 1.29 is 9.53 Å². The molecule has 3 nitrogen and oxygen atoms in total. The third-order valence-corrected chi connectivity index (χ3v) is 4.17. The van der Waals surface area contributed by atoms with E-state index in [2.05, 4.69) is 32.6 Å². The van der Waals surface area contributed by atoms with Crippen molar-refractivity contribution in [2.45, 2.75) is 86.0 Å². The molecule has 0 aliphatic carbocycles. The van der Waals surface area contributed by atoms with Gasteiger partial charge in [-0.2, -0.15) is 0 Å². The molecule has 0 bridgehead atoms. The first-order valence-electron chi connectivity index (χ1n) is 9.83. The molecule has 0 fully saturated rings. The van der Waals surface area contributed by atoms with Crippen LogP contribution in [0.25, 0.3) is 0 Å². The van der Waals surface area contributed by atoms with Crippen molar-refractivity contribution in [2.24, 2.45) is 11.8 Å². The summed E-state index contributed by atoms with van der Waals surface area (Å²) in [6.45, 7) is 14.0. The van der Waals surface area contributed by atoms with Crippen LogP contribution in [0.5, 0.6) is 0 Å². The fourth-order valence-corrected chi connectivity index (χ4v) is 2.79. The van der Waals surface area contributed by atoms with Crippen LogP contribution in [0, 0.1) is 11.8 Å². The Balaban J connectivity index is 3.95. The molecule has 0 rings (SSSR count). The lowest BCUT2D eigenvalue weighted by molar-refractivity contribution is -0.144. The molecule has 0 saturated carbocycles. The zero-order valence-corrected chi connectivity index (χ0v) is 16.4. The van der Waals surface area contributed by atoms with Crippen molar-refractivity contribution >= 4 is 5.97 Å². The Morgan fingerprint density at radius 2 is 1.30 bits per heavy atom. The number of ether oxygens (including phenoxy) is 1. The predicted molar refractivity (Wildman–Crippen MR) is 99.7 cm³/mol. The maximum Gasteiger partial charge on any atom is 0.320 e. The van der Waals surface area contributed by atoms with Gasteiger partial charge < -0.3 is 4.74 Å². The molecule has 0 amide bonds. The van der Waals surface area contributed by atoms with E-state index >= 15 is 0 Å². The van der Waals surface area contributed by atoms with Crippen LogP contribution in [0.15, 0.2) is 0 Å². The van der Waals surface area contributed by atoms with Gasteiger partial charge in [0.05, 0.1) is 13.2 Å². The first-order valence-corrected chi connectivity index (χ1v) is 9.83. The number of esters is 1. The lowest BCUT2D eigenvalue weighted by Crippen LogP contribution is -2.33. The predicted octanol–water partition coefficient (Wildman–Crippen LogP) is 5.28. The molecule has 0 aliphatic rings. The van der Waals surface area contributed by atoms with Gasteiger partial charge in [-0.25, -0.2) is 0 Å². The molecule has 0 heterocycles. The largest absolute Gasteiger partial charge is 0.465 e. The van der Waals surface area contributed by atoms with Crippen molar-refractivity contribution in [3.63, 3.8) is 0 Å². The minimum Gasteiger partial charge on any atom is -0.465 e. The molecule has 0 aliphatic heterocycles. The summed E-state index contributed by atoms with van der Waals surface area (Å²) in [6.07, 6.45) is 10.2. The molecule has 0 aromatic carbocycles. The van der Waals surface area contributed by atoms with E-state index in [1.807, 2.05) is 6.92 Å². The maximum atomic E-state index is 11.7. The van der Waals surface area contributed by atoms with Crippen LogP contribution in [0.2, 0.25) is 0 Å². The second-order valence-electron chi connectivity index (χ2n) is 7.57. The van der Waals surface area contributed by atoms with Crippen LogP contribution in [0.1, 0.15) is 86.0 Å². The maximum absolute atomic E-state index is 11.7. The Bertz CT molecular complexity index is 259. The van der Waals surface area contributed by atoms with E-state index in [0.29, 0.717) is 13.2 Å². The van der Waals surface area contributed by atoms with Crippen LogP contribution in [-0.2, 0) is 9.53 Å². The van der Waals surface area contributed by atoms with E-state index in [1.54, 1.807) is 0 Å².